The quantitative estimate of drug-likeness (QED) is 0.740. The van der Waals surface area contributed by atoms with E-state index in [0.717, 1.165) is 18.2 Å². The van der Waals surface area contributed by atoms with Gasteiger partial charge < -0.3 is 9.30 Å². The molecule has 0 fully saturated rings. The number of benzene rings is 1. The molecule has 1 aromatic carbocycles. The largest absolute Gasteiger partial charge is 0.441 e. The predicted octanol–water partition coefficient (Wildman–Crippen LogP) is 2.90. The van der Waals surface area contributed by atoms with Crippen LogP contribution in [0.25, 0.3) is 0 Å². The Labute approximate surface area is 85.7 Å². The van der Waals surface area contributed by atoms with Gasteiger partial charge in [-0.1, -0.05) is 0 Å². The third-order valence-electron chi connectivity index (χ3n) is 1.88. The Kier molecular flexibility index (Phi) is 2.41. The lowest BCUT2D eigenvalue weighted by molar-refractivity contribution is 0.433. The second-order valence-corrected chi connectivity index (χ2v) is 3.07. The summed E-state index contributed by atoms with van der Waals surface area (Å²) in [6.45, 7) is 0. The molecule has 77 valence electrons. The van der Waals surface area contributed by atoms with Gasteiger partial charge >= 0.3 is 0 Å². The lowest BCUT2D eigenvalue weighted by Crippen LogP contribution is -1.93. The SMILES string of the molecule is Cn1[c]ccc1Oc1cc(F)cc(F)c1. The molecule has 15 heavy (non-hydrogen) atoms. The molecule has 0 atom stereocenters. The Balaban J connectivity index is 2.28. The summed E-state index contributed by atoms with van der Waals surface area (Å²) in [5.74, 6) is -0.728. The zero-order chi connectivity index (χ0) is 10.8. The molecule has 0 aliphatic rings. The number of hydrogen-bond donors (Lipinski definition) is 0. The van der Waals surface area contributed by atoms with Crippen LogP contribution in [0.5, 0.6) is 11.6 Å². The Hall–Kier alpha value is -1.84. The van der Waals surface area contributed by atoms with Crippen LogP contribution >= 0.6 is 0 Å². The highest BCUT2D eigenvalue weighted by molar-refractivity contribution is 5.28. The fraction of sp³-hybridized carbons (Fsp3) is 0.0909. The van der Waals surface area contributed by atoms with Crippen molar-refractivity contribution in [3.63, 3.8) is 0 Å². The van der Waals surface area contributed by atoms with Crippen molar-refractivity contribution >= 4 is 0 Å². The van der Waals surface area contributed by atoms with Crippen molar-refractivity contribution in [3.8, 4) is 11.6 Å². The Morgan fingerprint density at radius 2 is 1.87 bits per heavy atom. The van der Waals surface area contributed by atoms with Crippen LogP contribution in [-0.4, -0.2) is 4.57 Å². The molecule has 0 aliphatic carbocycles. The van der Waals surface area contributed by atoms with Crippen LogP contribution in [0.4, 0.5) is 8.78 Å². The molecule has 1 heterocycles. The van der Waals surface area contributed by atoms with Crippen molar-refractivity contribution < 1.29 is 13.5 Å². The summed E-state index contributed by atoms with van der Waals surface area (Å²) in [7, 11) is 1.73. The first-order chi connectivity index (χ1) is 7.15. The van der Waals surface area contributed by atoms with E-state index in [2.05, 4.69) is 6.20 Å². The summed E-state index contributed by atoms with van der Waals surface area (Å²) in [5, 5.41) is 0. The van der Waals surface area contributed by atoms with Crippen molar-refractivity contribution in [2.24, 2.45) is 7.05 Å². The Morgan fingerprint density at radius 1 is 1.20 bits per heavy atom. The summed E-state index contributed by atoms with van der Waals surface area (Å²) in [4.78, 5) is 0. The summed E-state index contributed by atoms with van der Waals surface area (Å²) >= 11 is 0. The highest BCUT2D eigenvalue weighted by Crippen LogP contribution is 2.22. The van der Waals surface area contributed by atoms with Crippen LogP contribution < -0.4 is 4.74 Å². The predicted molar refractivity (Wildman–Crippen MR) is 50.7 cm³/mol. The fourth-order valence-corrected chi connectivity index (χ4v) is 1.21. The molecule has 0 spiro atoms. The molecule has 2 rings (SSSR count). The first-order valence-electron chi connectivity index (χ1n) is 4.32. The molecule has 4 heteroatoms. The van der Waals surface area contributed by atoms with E-state index >= 15 is 0 Å². The zero-order valence-electron chi connectivity index (χ0n) is 8.00. The molecule has 0 saturated heterocycles. The molecule has 0 amide bonds. The molecular weight excluding hydrogens is 200 g/mol. The minimum atomic E-state index is -0.664. The van der Waals surface area contributed by atoms with Gasteiger partial charge in [-0.25, -0.2) is 8.78 Å². The number of nitrogens with zero attached hydrogens (tertiary/aromatic N) is 1. The Bertz CT molecular complexity index is 459. The second-order valence-electron chi connectivity index (χ2n) is 3.07. The highest BCUT2D eigenvalue weighted by atomic mass is 19.1. The van der Waals surface area contributed by atoms with Gasteiger partial charge in [0.25, 0.3) is 0 Å². The normalized spacial score (nSPS) is 10.3. The molecule has 2 aromatic rings. The van der Waals surface area contributed by atoms with Crippen LogP contribution in [0, 0.1) is 17.8 Å². The van der Waals surface area contributed by atoms with Gasteiger partial charge in [0.2, 0.25) is 0 Å². The van der Waals surface area contributed by atoms with Crippen molar-refractivity contribution in [3.05, 3.63) is 48.2 Å². The van der Waals surface area contributed by atoms with Gasteiger partial charge in [0.15, 0.2) is 5.88 Å². The maximum absolute atomic E-state index is 12.8. The van der Waals surface area contributed by atoms with Crippen LogP contribution in [0.1, 0.15) is 0 Å². The van der Waals surface area contributed by atoms with Crippen LogP contribution in [0.3, 0.4) is 0 Å². The molecule has 0 saturated carbocycles. The lowest BCUT2D eigenvalue weighted by Gasteiger charge is -2.06. The van der Waals surface area contributed by atoms with Gasteiger partial charge in [0.1, 0.15) is 17.4 Å². The topological polar surface area (TPSA) is 14.2 Å². The van der Waals surface area contributed by atoms with E-state index in [4.69, 9.17) is 4.74 Å². The first kappa shape index (κ1) is 9.71. The first-order valence-corrected chi connectivity index (χ1v) is 4.32. The summed E-state index contributed by atoms with van der Waals surface area (Å²) in [6, 6.07) is 6.35. The van der Waals surface area contributed by atoms with Gasteiger partial charge in [-0.2, -0.15) is 0 Å². The number of hydrogen-bond acceptors (Lipinski definition) is 1. The molecule has 0 unspecified atom stereocenters. The van der Waals surface area contributed by atoms with Crippen molar-refractivity contribution in [1.29, 1.82) is 0 Å². The number of ether oxygens (including phenoxy) is 1. The molecule has 2 nitrogen and oxygen atoms in total. The maximum Gasteiger partial charge on any atom is 0.200 e. The third kappa shape index (κ3) is 2.15. The molecule has 0 N–H and O–H groups in total. The van der Waals surface area contributed by atoms with E-state index < -0.39 is 11.6 Å². The number of aryl methyl sites for hydroxylation is 1. The summed E-state index contributed by atoms with van der Waals surface area (Å²) < 4.78 is 32.5. The zero-order valence-corrected chi connectivity index (χ0v) is 8.00. The average Bonchev–Trinajstić information content (AvgIpc) is 2.50. The lowest BCUT2D eigenvalue weighted by atomic mass is 10.3. The van der Waals surface area contributed by atoms with Crippen LogP contribution in [0.2, 0.25) is 0 Å². The second kappa shape index (κ2) is 3.73. The molecule has 1 radical (unpaired) electrons. The van der Waals surface area contributed by atoms with E-state index in [1.54, 1.807) is 23.7 Å². The van der Waals surface area contributed by atoms with Gasteiger partial charge in [0, 0.05) is 31.3 Å². The number of aromatic nitrogens is 1. The average molecular weight is 208 g/mol. The molecule has 0 bridgehead atoms. The maximum atomic E-state index is 12.8. The summed E-state index contributed by atoms with van der Waals surface area (Å²) in [5.41, 5.74) is 0. The van der Waals surface area contributed by atoms with Crippen molar-refractivity contribution in [2.45, 2.75) is 0 Å². The van der Waals surface area contributed by atoms with Crippen LogP contribution in [0.15, 0.2) is 30.3 Å². The van der Waals surface area contributed by atoms with Gasteiger partial charge in [0.05, 0.1) is 6.20 Å². The van der Waals surface area contributed by atoms with Crippen LogP contribution in [-0.2, 0) is 7.05 Å². The van der Waals surface area contributed by atoms with E-state index in [1.807, 2.05) is 0 Å². The molecular formula is C11H8F2NO. The van der Waals surface area contributed by atoms with Gasteiger partial charge in [-0.3, -0.25) is 0 Å². The van der Waals surface area contributed by atoms with E-state index in [1.165, 1.54) is 0 Å². The smallest absolute Gasteiger partial charge is 0.200 e. The van der Waals surface area contributed by atoms with Crippen molar-refractivity contribution in [2.75, 3.05) is 0 Å². The van der Waals surface area contributed by atoms with E-state index in [0.29, 0.717) is 5.88 Å². The molecule has 1 aromatic heterocycles. The standard InChI is InChI=1S/C11H8F2NO/c1-14-4-2-3-11(14)15-10-6-8(12)5-9(13)7-10/h2-3,5-7H,1H3. The van der Waals surface area contributed by atoms with Crippen molar-refractivity contribution in [1.82, 2.24) is 4.57 Å². The number of rotatable bonds is 2. The van der Waals surface area contributed by atoms with E-state index in [-0.39, 0.29) is 5.75 Å². The minimum absolute atomic E-state index is 0.128. The summed E-state index contributed by atoms with van der Waals surface area (Å²) in [6.07, 6.45) is 2.82. The fourth-order valence-electron chi connectivity index (χ4n) is 1.21. The van der Waals surface area contributed by atoms with Gasteiger partial charge in [-0.15, -0.1) is 0 Å². The minimum Gasteiger partial charge on any atom is -0.441 e. The highest BCUT2D eigenvalue weighted by Gasteiger charge is 2.04. The van der Waals surface area contributed by atoms with Gasteiger partial charge in [-0.05, 0) is 6.07 Å². The monoisotopic (exact) mass is 208 g/mol. The Morgan fingerprint density at radius 3 is 2.40 bits per heavy atom. The van der Waals surface area contributed by atoms with E-state index in [9.17, 15) is 8.78 Å². The number of halogens is 2. The third-order valence-corrected chi connectivity index (χ3v) is 1.88. The molecule has 0 aliphatic heterocycles.